The molecular weight excluding hydrogens is 753 g/mol. The fourth-order valence-electron chi connectivity index (χ4n) is 8.91. The van der Waals surface area contributed by atoms with E-state index in [1.54, 1.807) is 27.2 Å². The van der Waals surface area contributed by atoms with E-state index >= 15 is 4.79 Å². The SMILES string of the molecule is CN(C)C(=O)C=Cc1ccc(CN2O[C@@H]3[C@H]4OC(c5ccccc5)(c5ccccc5)O[C@H]4[C@H]4C[C@]3(C(=O)N(C)[C@H](Cc3ccccc3)C(=O)NCCO)[C@@H]2C(=O)O4)cc1. The van der Waals surface area contributed by atoms with Gasteiger partial charge in [0.25, 0.3) is 0 Å². The number of esters is 1. The molecule has 3 heterocycles. The third kappa shape index (κ3) is 7.34. The van der Waals surface area contributed by atoms with Gasteiger partial charge in [-0.25, -0.2) is 0 Å². The van der Waals surface area contributed by atoms with Crippen LogP contribution in [0.5, 0.6) is 0 Å². The van der Waals surface area contributed by atoms with Gasteiger partial charge in [0.15, 0.2) is 6.04 Å². The van der Waals surface area contributed by atoms with E-state index in [0.29, 0.717) is 0 Å². The molecule has 8 rings (SSSR count). The van der Waals surface area contributed by atoms with Gasteiger partial charge in [-0.2, -0.15) is 5.06 Å². The Morgan fingerprint density at radius 1 is 0.847 bits per heavy atom. The van der Waals surface area contributed by atoms with E-state index in [1.807, 2.05) is 115 Å². The molecule has 0 unspecified atom stereocenters. The molecule has 0 spiro atoms. The van der Waals surface area contributed by atoms with Crippen molar-refractivity contribution < 1.29 is 43.3 Å². The van der Waals surface area contributed by atoms with Gasteiger partial charge < -0.3 is 34.4 Å². The van der Waals surface area contributed by atoms with Crippen molar-refractivity contribution in [3.05, 3.63) is 149 Å². The lowest BCUT2D eigenvalue weighted by atomic mass is 9.62. The van der Waals surface area contributed by atoms with E-state index in [4.69, 9.17) is 19.0 Å². The minimum atomic E-state index is -1.57. The van der Waals surface area contributed by atoms with Crippen LogP contribution >= 0.6 is 0 Å². The molecule has 3 saturated heterocycles. The quantitative estimate of drug-likeness (QED) is 0.152. The van der Waals surface area contributed by atoms with Crippen molar-refractivity contribution in [3.8, 4) is 0 Å². The summed E-state index contributed by atoms with van der Waals surface area (Å²) in [4.78, 5) is 65.9. The number of hydroxylamine groups is 2. The zero-order valence-corrected chi connectivity index (χ0v) is 33.2. The summed E-state index contributed by atoms with van der Waals surface area (Å²) in [6.45, 7) is -0.168. The molecule has 2 bridgehead atoms. The van der Waals surface area contributed by atoms with Crippen LogP contribution in [-0.4, -0.2) is 114 Å². The van der Waals surface area contributed by atoms with Crippen LogP contribution < -0.4 is 5.32 Å². The molecular formula is C46H48N4O9. The first-order chi connectivity index (χ1) is 28.6. The Bertz CT molecular complexity index is 2150. The maximum atomic E-state index is 15.6. The predicted molar refractivity (Wildman–Crippen MR) is 216 cm³/mol. The predicted octanol–water partition coefficient (Wildman–Crippen LogP) is 3.45. The van der Waals surface area contributed by atoms with Crippen LogP contribution in [0.2, 0.25) is 0 Å². The molecule has 4 fully saturated rings. The number of carbonyl (C=O) groups excluding carboxylic acids is 4. The fraction of sp³-hybridized carbons (Fsp3) is 0.348. The maximum absolute atomic E-state index is 15.6. The number of aliphatic hydroxyl groups excluding tert-OH is 1. The highest BCUT2D eigenvalue weighted by Crippen LogP contribution is 2.59. The summed E-state index contributed by atoms with van der Waals surface area (Å²) in [5.41, 5.74) is 2.27. The lowest BCUT2D eigenvalue weighted by Crippen LogP contribution is -2.70. The van der Waals surface area contributed by atoms with E-state index in [1.165, 1.54) is 20.9 Å². The van der Waals surface area contributed by atoms with Gasteiger partial charge >= 0.3 is 5.97 Å². The molecule has 2 N–H and O–H groups in total. The summed E-state index contributed by atoms with van der Waals surface area (Å²) in [6, 6.07) is 33.7. The first-order valence-electron chi connectivity index (χ1n) is 19.8. The van der Waals surface area contributed by atoms with Gasteiger partial charge in [0.2, 0.25) is 23.5 Å². The summed E-state index contributed by atoms with van der Waals surface area (Å²) in [5.74, 6) is -3.13. The first-order valence-corrected chi connectivity index (χ1v) is 19.8. The number of ether oxygens (including phenoxy) is 3. The Hall–Kier alpha value is -5.70. The van der Waals surface area contributed by atoms with Gasteiger partial charge in [-0.15, -0.1) is 0 Å². The van der Waals surface area contributed by atoms with E-state index in [0.717, 1.165) is 27.8 Å². The average Bonchev–Trinajstić information content (AvgIpc) is 3.84. The Balaban J connectivity index is 1.20. The van der Waals surface area contributed by atoms with Gasteiger partial charge in [0, 0.05) is 57.7 Å². The second-order valence-corrected chi connectivity index (χ2v) is 15.7. The lowest BCUT2D eigenvalue weighted by molar-refractivity contribution is -0.214. The molecule has 306 valence electrons. The Labute approximate surface area is 343 Å². The van der Waals surface area contributed by atoms with E-state index in [2.05, 4.69) is 5.32 Å². The third-order valence-electron chi connectivity index (χ3n) is 11.8. The molecule has 4 aromatic rings. The molecule has 4 aliphatic rings. The third-order valence-corrected chi connectivity index (χ3v) is 11.8. The summed E-state index contributed by atoms with van der Waals surface area (Å²) in [7, 11) is 4.94. The highest BCUT2D eigenvalue weighted by molar-refractivity contribution is 5.96. The number of nitrogens with zero attached hydrogens (tertiary/aromatic N) is 3. The van der Waals surface area contributed by atoms with Gasteiger partial charge in [-0.3, -0.25) is 24.0 Å². The molecule has 1 aliphatic carbocycles. The standard InChI is InChI=1S/C46H48N4O9/c1-48(2)37(52)24-23-30-19-21-32(22-20-30)29-50-40-43(54)56-36-28-45(40,44(55)49(3)35(42(53)47-25-26-51)27-31-13-7-4-8-14-31)41(59-50)39-38(36)57-46(58-39,33-15-9-5-10-16-33)34-17-11-6-12-18-34/h4-24,35-36,38-41,51H,25-29H2,1-3H3,(H,47,53)/t35-,36-,38+,39+,40+,41-,45+/m1/s1. The zero-order chi connectivity index (χ0) is 41.3. The number of hydrogen-bond donors (Lipinski definition) is 2. The monoisotopic (exact) mass is 800 g/mol. The Kier molecular flexibility index (Phi) is 11.2. The van der Waals surface area contributed by atoms with Crippen molar-refractivity contribution in [2.24, 2.45) is 5.41 Å². The molecule has 3 aliphatic heterocycles. The summed E-state index contributed by atoms with van der Waals surface area (Å²) < 4.78 is 20.4. The molecule has 13 heteroatoms. The average molecular weight is 801 g/mol. The molecule has 0 radical (unpaired) electrons. The lowest BCUT2D eigenvalue weighted by Gasteiger charge is -2.50. The topological polar surface area (TPSA) is 147 Å². The molecule has 3 amide bonds. The molecule has 1 saturated carbocycles. The Morgan fingerprint density at radius 3 is 2.07 bits per heavy atom. The van der Waals surface area contributed by atoms with Gasteiger partial charge in [-0.1, -0.05) is 115 Å². The molecule has 7 atom stereocenters. The van der Waals surface area contributed by atoms with Crippen LogP contribution in [0, 0.1) is 5.41 Å². The Morgan fingerprint density at radius 2 is 1.46 bits per heavy atom. The van der Waals surface area contributed by atoms with Gasteiger partial charge in [0.1, 0.15) is 35.9 Å². The van der Waals surface area contributed by atoms with Crippen molar-refractivity contribution in [1.29, 1.82) is 0 Å². The van der Waals surface area contributed by atoms with Crippen molar-refractivity contribution >= 4 is 29.8 Å². The summed E-state index contributed by atoms with van der Waals surface area (Å²) in [6.07, 6.45) is -0.195. The van der Waals surface area contributed by atoms with Gasteiger partial charge in [0.05, 0.1) is 13.2 Å². The van der Waals surface area contributed by atoms with Crippen LogP contribution in [0.15, 0.2) is 121 Å². The minimum Gasteiger partial charge on any atom is -0.458 e. The second-order valence-electron chi connectivity index (χ2n) is 15.7. The molecule has 4 aromatic carbocycles. The van der Waals surface area contributed by atoms with Crippen LogP contribution in [0.4, 0.5) is 0 Å². The second kappa shape index (κ2) is 16.5. The fourth-order valence-corrected chi connectivity index (χ4v) is 8.91. The molecule has 59 heavy (non-hydrogen) atoms. The highest BCUT2D eigenvalue weighted by atomic mass is 16.8. The number of nitrogens with one attached hydrogen (secondary N) is 1. The van der Waals surface area contributed by atoms with Crippen molar-refractivity contribution in [1.82, 2.24) is 20.2 Å². The normalized spacial score (nSPS) is 25.8. The number of hydrogen-bond acceptors (Lipinski definition) is 10. The number of likely N-dealkylation sites (N-methyl/N-ethyl adjacent to an activating group) is 2. The van der Waals surface area contributed by atoms with E-state index < -0.39 is 65.5 Å². The summed E-state index contributed by atoms with van der Waals surface area (Å²) >= 11 is 0. The maximum Gasteiger partial charge on any atom is 0.327 e. The summed E-state index contributed by atoms with van der Waals surface area (Å²) in [5, 5.41) is 13.8. The van der Waals surface area contributed by atoms with Crippen molar-refractivity contribution in [2.75, 3.05) is 34.3 Å². The van der Waals surface area contributed by atoms with Crippen molar-refractivity contribution in [3.63, 3.8) is 0 Å². The molecule has 0 aromatic heterocycles. The smallest absolute Gasteiger partial charge is 0.327 e. The highest BCUT2D eigenvalue weighted by Gasteiger charge is 2.77. The number of benzene rings is 4. The van der Waals surface area contributed by atoms with Crippen LogP contribution in [0.3, 0.4) is 0 Å². The number of carbonyl (C=O) groups is 4. The van der Waals surface area contributed by atoms with Gasteiger partial charge in [-0.05, 0) is 22.8 Å². The molecule has 13 nitrogen and oxygen atoms in total. The van der Waals surface area contributed by atoms with Crippen LogP contribution in [-0.2, 0) is 57.0 Å². The number of fused-ring (bicyclic) bond motifs is 4. The van der Waals surface area contributed by atoms with Crippen molar-refractivity contribution in [2.45, 2.75) is 61.7 Å². The number of aliphatic hydroxyl groups is 1. The largest absolute Gasteiger partial charge is 0.458 e. The number of amides is 3. The minimum absolute atomic E-state index is 0.00433. The van der Waals surface area contributed by atoms with Crippen LogP contribution in [0.25, 0.3) is 6.08 Å². The van der Waals surface area contributed by atoms with E-state index in [9.17, 15) is 19.5 Å². The van der Waals surface area contributed by atoms with Crippen LogP contribution in [0.1, 0.15) is 34.2 Å². The zero-order valence-electron chi connectivity index (χ0n) is 33.2. The first kappa shape index (κ1) is 40.1. The number of rotatable bonds is 13. The van der Waals surface area contributed by atoms with E-state index in [-0.39, 0.29) is 38.4 Å².